The van der Waals surface area contributed by atoms with E-state index in [0.29, 0.717) is 22.2 Å². The van der Waals surface area contributed by atoms with Crippen LogP contribution in [0.4, 0.5) is 0 Å². The molecule has 3 aromatic rings. The number of aromatic nitrogens is 1. The molecule has 1 unspecified atom stereocenters. The predicted octanol–water partition coefficient (Wildman–Crippen LogP) is 2.69. The largest absolute Gasteiger partial charge is 0.439 e. The highest BCUT2D eigenvalue weighted by Gasteiger charge is 2.36. The first-order valence-corrected chi connectivity index (χ1v) is 8.33. The maximum absolute atomic E-state index is 12.5. The number of ketones is 1. The van der Waals surface area contributed by atoms with Crippen LogP contribution in [-0.4, -0.2) is 34.0 Å². The number of nitriles is 1. The third-order valence-electron chi connectivity index (χ3n) is 4.47. The van der Waals surface area contributed by atoms with Gasteiger partial charge in [-0.2, -0.15) is 5.26 Å². The second-order valence-corrected chi connectivity index (χ2v) is 6.11. The van der Waals surface area contributed by atoms with E-state index in [1.807, 2.05) is 6.07 Å². The van der Waals surface area contributed by atoms with Gasteiger partial charge in [0.25, 0.3) is 11.8 Å². The molecule has 0 N–H and O–H groups in total. The normalized spacial score (nSPS) is 14.3. The molecule has 0 saturated heterocycles. The van der Waals surface area contributed by atoms with Crippen LogP contribution < -0.4 is 0 Å². The zero-order chi connectivity index (χ0) is 19.0. The van der Waals surface area contributed by atoms with Gasteiger partial charge in [-0.05, 0) is 24.3 Å². The molecule has 0 bridgehead atoms. The van der Waals surface area contributed by atoms with Gasteiger partial charge in [-0.25, -0.2) is 4.98 Å². The number of imide groups is 1. The summed E-state index contributed by atoms with van der Waals surface area (Å²) in [5, 5.41) is 9.39. The summed E-state index contributed by atoms with van der Waals surface area (Å²) in [4.78, 5) is 42.4. The van der Waals surface area contributed by atoms with E-state index >= 15 is 0 Å². The van der Waals surface area contributed by atoms with E-state index in [1.54, 1.807) is 48.5 Å². The van der Waals surface area contributed by atoms with E-state index in [9.17, 15) is 19.6 Å². The second-order valence-electron chi connectivity index (χ2n) is 6.11. The van der Waals surface area contributed by atoms with Gasteiger partial charge in [0, 0.05) is 13.0 Å². The molecule has 1 aliphatic heterocycles. The van der Waals surface area contributed by atoms with Gasteiger partial charge in [-0.1, -0.05) is 24.3 Å². The topological polar surface area (TPSA) is 104 Å². The molecule has 2 heterocycles. The molecule has 0 fully saturated rings. The Balaban J connectivity index is 1.50. The van der Waals surface area contributed by atoms with Gasteiger partial charge in [0.15, 0.2) is 17.3 Å². The average molecular weight is 359 g/mol. The number of carbonyl (C=O) groups is 3. The lowest BCUT2D eigenvalue weighted by atomic mass is 10.0. The van der Waals surface area contributed by atoms with E-state index in [0.717, 1.165) is 4.90 Å². The molecule has 132 valence electrons. The van der Waals surface area contributed by atoms with Crippen molar-refractivity contribution in [2.75, 3.05) is 6.54 Å². The van der Waals surface area contributed by atoms with Crippen LogP contribution in [-0.2, 0) is 4.79 Å². The fourth-order valence-corrected chi connectivity index (χ4v) is 3.09. The Morgan fingerprint density at radius 3 is 2.33 bits per heavy atom. The van der Waals surface area contributed by atoms with E-state index in [2.05, 4.69) is 4.98 Å². The quantitative estimate of drug-likeness (QED) is 0.649. The fraction of sp³-hybridized carbons (Fsp3) is 0.150. The van der Waals surface area contributed by atoms with Gasteiger partial charge in [-0.3, -0.25) is 19.3 Å². The minimum absolute atomic E-state index is 0.0195. The standard InChI is InChI=1S/C20H13N3O4/c21-11-14(18-22-15-7-3-4-8-17(15)27-18)16(24)9-10-23-19(25)12-5-1-2-6-13(12)20(23)26/h1-8,14H,9-10H2. The van der Waals surface area contributed by atoms with Gasteiger partial charge in [-0.15, -0.1) is 0 Å². The molecule has 1 aromatic heterocycles. The molecule has 1 atom stereocenters. The summed E-state index contributed by atoms with van der Waals surface area (Å²) in [7, 11) is 0. The number of hydrogen-bond acceptors (Lipinski definition) is 6. The lowest BCUT2D eigenvalue weighted by Gasteiger charge is -2.13. The average Bonchev–Trinajstić information content (AvgIpc) is 3.21. The molecular weight excluding hydrogens is 346 g/mol. The number of rotatable bonds is 5. The van der Waals surface area contributed by atoms with Crippen LogP contribution in [0.15, 0.2) is 52.9 Å². The summed E-state index contributed by atoms with van der Waals surface area (Å²) in [5.74, 6) is -2.49. The SMILES string of the molecule is N#CC(C(=O)CCN1C(=O)c2ccccc2C1=O)c1nc2ccccc2o1. The number of nitrogens with zero attached hydrogens (tertiary/aromatic N) is 3. The first kappa shape index (κ1) is 16.7. The lowest BCUT2D eigenvalue weighted by Crippen LogP contribution is -2.32. The van der Waals surface area contributed by atoms with Gasteiger partial charge in [0.1, 0.15) is 5.52 Å². The number of hydrogen-bond donors (Lipinski definition) is 0. The van der Waals surface area contributed by atoms with Crippen molar-refractivity contribution in [2.45, 2.75) is 12.3 Å². The van der Waals surface area contributed by atoms with Crippen LogP contribution in [0.3, 0.4) is 0 Å². The summed E-state index contributed by atoms with van der Waals surface area (Å²) < 4.78 is 5.51. The van der Waals surface area contributed by atoms with Gasteiger partial charge >= 0.3 is 0 Å². The van der Waals surface area contributed by atoms with Crippen molar-refractivity contribution in [1.82, 2.24) is 9.88 Å². The van der Waals surface area contributed by atoms with Crippen LogP contribution in [0.5, 0.6) is 0 Å². The van der Waals surface area contributed by atoms with Crippen LogP contribution in [0.2, 0.25) is 0 Å². The first-order valence-electron chi connectivity index (χ1n) is 8.33. The lowest BCUT2D eigenvalue weighted by molar-refractivity contribution is -0.119. The number of fused-ring (bicyclic) bond motifs is 2. The number of Topliss-reactive ketones (excluding diaryl/α,β-unsaturated/α-hetero) is 1. The highest BCUT2D eigenvalue weighted by atomic mass is 16.3. The van der Waals surface area contributed by atoms with Gasteiger partial charge < -0.3 is 4.42 Å². The van der Waals surface area contributed by atoms with Crippen LogP contribution >= 0.6 is 0 Å². The van der Waals surface area contributed by atoms with E-state index in [1.165, 1.54) is 0 Å². The molecule has 0 saturated carbocycles. The fourth-order valence-electron chi connectivity index (χ4n) is 3.09. The Hall–Kier alpha value is -3.79. The zero-order valence-corrected chi connectivity index (χ0v) is 14.1. The minimum Gasteiger partial charge on any atom is -0.439 e. The van der Waals surface area contributed by atoms with Crippen molar-refractivity contribution in [3.8, 4) is 6.07 Å². The molecule has 0 aliphatic carbocycles. The maximum Gasteiger partial charge on any atom is 0.261 e. The number of benzene rings is 2. The number of amides is 2. The third kappa shape index (κ3) is 2.77. The third-order valence-corrected chi connectivity index (χ3v) is 4.47. The van der Waals surface area contributed by atoms with E-state index in [-0.39, 0.29) is 18.9 Å². The minimum atomic E-state index is -1.19. The predicted molar refractivity (Wildman–Crippen MR) is 93.8 cm³/mol. The van der Waals surface area contributed by atoms with E-state index < -0.39 is 23.5 Å². The Kier molecular flexibility index (Phi) is 4.01. The molecular formula is C20H13N3O4. The Bertz CT molecular complexity index is 1060. The van der Waals surface area contributed by atoms with Crippen molar-refractivity contribution in [3.05, 3.63) is 65.5 Å². The van der Waals surface area contributed by atoms with Gasteiger partial charge in [0.2, 0.25) is 5.89 Å². The molecule has 7 nitrogen and oxygen atoms in total. The summed E-state index contributed by atoms with van der Waals surface area (Å²) in [5.41, 5.74) is 1.69. The van der Waals surface area contributed by atoms with Crippen LogP contribution in [0.25, 0.3) is 11.1 Å². The number of oxazole rings is 1. The van der Waals surface area contributed by atoms with Crippen molar-refractivity contribution in [1.29, 1.82) is 5.26 Å². The highest BCUT2D eigenvalue weighted by molar-refractivity contribution is 6.21. The molecule has 2 aromatic carbocycles. The molecule has 0 radical (unpaired) electrons. The zero-order valence-electron chi connectivity index (χ0n) is 14.1. The van der Waals surface area contributed by atoms with Crippen molar-refractivity contribution in [3.63, 3.8) is 0 Å². The molecule has 0 spiro atoms. The maximum atomic E-state index is 12.5. The second kappa shape index (κ2) is 6.50. The van der Waals surface area contributed by atoms with Crippen molar-refractivity contribution >= 4 is 28.7 Å². The Labute approximate surface area is 153 Å². The molecule has 7 heteroatoms. The summed E-state index contributed by atoms with van der Waals surface area (Å²) in [6, 6.07) is 15.4. The number of para-hydroxylation sites is 2. The summed E-state index contributed by atoms with van der Waals surface area (Å²) in [6.07, 6.45) is -0.150. The number of carbonyl (C=O) groups excluding carboxylic acids is 3. The monoisotopic (exact) mass is 359 g/mol. The Morgan fingerprint density at radius 1 is 1.07 bits per heavy atom. The van der Waals surface area contributed by atoms with E-state index in [4.69, 9.17) is 4.42 Å². The summed E-state index contributed by atoms with van der Waals surface area (Å²) >= 11 is 0. The summed E-state index contributed by atoms with van der Waals surface area (Å²) in [6.45, 7) is -0.0937. The molecule has 27 heavy (non-hydrogen) atoms. The smallest absolute Gasteiger partial charge is 0.261 e. The van der Waals surface area contributed by atoms with Crippen molar-refractivity contribution < 1.29 is 18.8 Å². The van der Waals surface area contributed by atoms with Crippen LogP contribution in [0, 0.1) is 11.3 Å². The molecule has 4 rings (SSSR count). The first-order chi connectivity index (χ1) is 13.1. The van der Waals surface area contributed by atoms with Gasteiger partial charge in [0.05, 0.1) is 17.2 Å². The van der Waals surface area contributed by atoms with Crippen molar-refractivity contribution in [2.24, 2.45) is 0 Å². The van der Waals surface area contributed by atoms with Crippen LogP contribution in [0.1, 0.15) is 38.9 Å². The molecule has 2 amide bonds. The Morgan fingerprint density at radius 2 is 1.70 bits per heavy atom. The molecule has 1 aliphatic rings. The highest BCUT2D eigenvalue weighted by Crippen LogP contribution is 2.25.